The van der Waals surface area contributed by atoms with E-state index in [1.54, 1.807) is 0 Å². The van der Waals surface area contributed by atoms with Gasteiger partial charge in [-0.05, 0) is 57.7 Å². The summed E-state index contributed by atoms with van der Waals surface area (Å²) in [4.78, 5) is 0. The minimum Gasteiger partial charge on any atom is -0.317 e. The molecule has 84 valence electrons. The first-order valence-corrected chi connectivity index (χ1v) is 6.11. The van der Waals surface area contributed by atoms with Crippen molar-refractivity contribution < 1.29 is 0 Å². The van der Waals surface area contributed by atoms with Crippen molar-refractivity contribution in [2.75, 3.05) is 13.1 Å². The van der Waals surface area contributed by atoms with Crippen LogP contribution in [0.15, 0.2) is 12.3 Å². The van der Waals surface area contributed by atoms with Gasteiger partial charge in [0.15, 0.2) is 0 Å². The van der Waals surface area contributed by atoms with Crippen molar-refractivity contribution in [3.05, 3.63) is 18.0 Å². The number of aryl methyl sites for hydroxylation is 2. The highest BCUT2D eigenvalue weighted by Gasteiger charge is 2.13. The van der Waals surface area contributed by atoms with Crippen molar-refractivity contribution in [1.29, 1.82) is 0 Å². The summed E-state index contributed by atoms with van der Waals surface area (Å²) < 4.78 is 2.11. The predicted molar refractivity (Wildman–Crippen MR) is 61.8 cm³/mol. The van der Waals surface area contributed by atoms with E-state index >= 15 is 0 Å². The molecule has 2 heterocycles. The summed E-state index contributed by atoms with van der Waals surface area (Å²) in [6.07, 6.45) is 7.13. The Labute approximate surface area is 91.9 Å². The largest absolute Gasteiger partial charge is 0.317 e. The average molecular weight is 207 g/mol. The Morgan fingerprint density at radius 2 is 2.27 bits per heavy atom. The monoisotopic (exact) mass is 207 g/mol. The lowest BCUT2D eigenvalue weighted by atomic mass is 9.92. The SMILES string of the molecule is CCn1nccc1CCC1CCNCC1. The van der Waals surface area contributed by atoms with Crippen molar-refractivity contribution >= 4 is 0 Å². The number of nitrogens with zero attached hydrogens (tertiary/aromatic N) is 2. The first-order chi connectivity index (χ1) is 7.40. The molecule has 0 bridgehead atoms. The summed E-state index contributed by atoms with van der Waals surface area (Å²) in [5.41, 5.74) is 1.40. The summed E-state index contributed by atoms with van der Waals surface area (Å²) >= 11 is 0. The molecule has 1 N–H and O–H groups in total. The van der Waals surface area contributed by atoms with Crippen LogP contribution in [-0.2, 0) is 13.0 Å². The molecular formula is C12H21N3. The lowest BCUT2D eigenvalue weighted by Crippen LogP contribution is -2.28. The van der Waals surface area contributed by atoms with Crippen LogP contribution in [0, 0.1) is 5.92 Å². The summed E-state index contributed by atoms with van der Waals surface area (Å²) in [5.74, 6) is 0.923. The number of hydrogen-bond acceptors (Lipinski definition) is 2. The summed E-state index contributed by atoms with van der Waals surface area (Å²) in [7, 11) is 0. The van der Waals surface area contributed by atoms with Crippen LogP contribution in [0.5, 0.6) is 0 Å². The Bertz CT molecular complexity index is 287. The van der Waals surface area contributed by atoms with E-state index in [4.69, 9.17) is 0 Å². The molecule has 0 aromatic carbocycles. The normalized spacial score (nSPS) is 18.2. The van der Waals surface area contributed by atoms with E-state index < -0.39 is 0 Å². The van der Waals surface area contributed by atoms with Gasteiger partial charge in [-0.15, -0.1) is 0 Å². The molecule has 1 aliphatic heterocycles. The van der Waals surface area contributed by atoms with Crippen molar-refractivity contribution in [2.45, 2.75) is 39.2 Å². The van der Waals surface area contributed by atoms with E-state index in [0.717, 1.165) is 12.5 Å². The van der Waals surface area contributed by atoms with E-state index in [2.05, 4.69) is 28.1 Å². The molecular weight excluding hydrogens is 186 g/mol. The molecule has 0 amide bonds. The Morgan fingerprint density at radius 3 is 3.00 bits per heavy atom. The van der Waals surface area contributed by atoms with Gasteiger partial charge in [0, 0.05) is 18.4 Å². The minimum atomic E-state index is 0.923. The van der Waals surface area contributed by atoms with E-state index in [9.17, 15) is 0 Å². The smallest absolute Gasteiger partial charge is 0.0492 e. The van der Waals surface area contributed by atoms with Crippen LogP contribution in [-0.4, -0.2) is 22.9 Å². The molecule has 3 nitrogen and oxygen atoms in total. The molecule has 2 rings (SSSR count). The van der Waals surface area contributed by atoms with E-state index in [-0.39, 0.29) is 0 Å². The van der Waals surface area contributed by atoms with Crippen LogP contribution < -0.4 is 5.32 Å². The van der Waals surface area contributed by atoms with Gasteiger partial charge in [-0.1, -0.05) is 0 Å². The second kappa shape index (κ2) is 5.31. The standard InChI is InChI=1S/C12H21N3/c1-2-15-12(7-10-14-15)4-3-11-5-8-13-9-6-11/h7,10-11,13H,2-6,8-9H2,1H3. The predicted octanol–water partition coefficient (Wildman–Crippen LogP) is 1.84. The molecule has 1 saturated heterocycles. The topological polar surface area (TPSA) is 29.9 Å². The van der Waals surface area contributed by atoms with Crippen molar-refractivity contribution in [1.82, 2.24) is 15.1 Å². The first-order valence-electron chi connectivity index (χ1n) is 6.11. The van der Waals surface area contributed by atoms with E-state index in [0.29, 0.717) is 0 Å². The van der Waals surface area contributed by atoms with Gasteiger partial charge in [0.2, 0.25) is 0 Å². The van der Waals surface area contributed by atoms with Crippen LogP contribution in [0.4, 0.5) is 0 Å². The molecule has 1 aromatic heterocycles. The zero-order valence-corrected chi connectivity index (χ0v) is 9.58. The first kappa shape index (κ1) is 10.7. The number of aromatic nitrogens is 2. The Balaban J connectivity index is 1.81. The van der Waals surface area contributed by atoms with E-state index in [1.807, 2.05) is 6.20 Å². The van der Waals surface area contributed by atoms with E-state index in [1.165, 1.54) is 44.5 Å². The third-order valence-electron chi connectivity index (χ3n) is 3.37. The zero-order chi connectivity index (χ0) is 10.5. The number of nitrogens with one attached hydrogen (secondary N) is 1. The van der Waals surface area contributed by atoms with Gasteiger partial charge in [0.1, 0.15) is 0 Å². The number of hydrogen-bond donors (Lipinski definition) is 1. The van der Waals surface area contributed by atoms with Crippen LogP contribution in [0.2, 0.25) is 0 Å². The van der Waals surface area contributed by atoms with Crippen molar-refractivity contribution in [3.63, 3.8) is 0 Å². The highest BCUT2D eigenvalue weighted by molar-refractivity contribution is 5.00. The lowest BCUT2D eigenvalue weighted by molar-refractivity contribution is 0.351. The molecule has 0 radical (unpaired) electrons. The van der Waals surface area contributed by atoms with Gasteiger partial charge in [-0.25, -0.2) is 0 Å². The maximum Gasteiger partial charge on any atom is 0.0492 e. The summed E-state index contributed by atoms with van der Waals surface area (Å²) in [6.45, 7) is 5.56. The highest BCUT2D eigenvalue weighted by atomic mass is 15.3. The van der Waals surface area contributed by atoms with Gasteiger partial charge in [0.05, 0.1) is 0 Å². The zero-order valence-electron chi connectivity index (χ0n) is 9.58. The lowest BCUT2D eigenvalue weighted by Gasteiger charge is -2.22. The third-order valence-corrected chi connectivity index (χ3v) is 3.37. The molecule has 0 spiro atoms. The van der Waals surface area contributed by atoms with Gasteiger partial charge in [-0.2, -0.15) is 5.10 Å². The minimum absolute atomic E-state index is 0.923. The molecule has 0 aliphatic carbocycles. The molecule has 0 unspecified atom stereocenters. The molecule has 0 atom stereocenters. The molecule has 0 saturated carbocycles. The Hall–Kier alpha value is -0.830. The molecule has 1 aromatic rings. The molecule has 15 heavy (non-hydrogen) atoms. The average Bonchev–Trinajstić information content (AvgIpc) is 2.75. The van der Waals surface area contributed by atoms with Crippen LogP contribution in [0.25, 0.3) is 0 Å². The molecule has 1 fully saturated rings. The van der Waals surface area contributed by atoms with Crippen molar-refractivity contribution in [2.24, 2.45) is 5.92 Å². The Kier molecular flexibility index (Phi) is 3.78. The highest BCUT2D eigenvalue weighted by Crippen LogP contribution is 2.18. The van der Waals surface area contributed by atoms with Gasteiger partial charge in [0.25, 0.3) is 0 Å². The fourth-order valence-electron chi connectivity index (χ4n) is 2.38. The number of rotatable bonds is 4. The van der Waals surface area contributed by atoms with Crippen LogP contribution >= 0.6 is 0 Å². The van der Waals surface area contributed by atoms with Crippen LogP contribution in [0.1, 0.15) is 31.9 Å². The maximum absolute atomic E-state index is 4.30. The number of piperidine rings is 1. The van der Waals surface area contributed by atoms with Crippen LogP contribution in [0.3, 0.4) is 0 Å². The second-order valence-corrected chi connectivity index (χ2v) is 4.37. The quantitative estimate of drug-likeness (QED) is 0.816. The second-order valence-electron chi connectivity index (χ2n) is 4.37. The maximum atomic E-state index is 4.30. The van der Waals surface area contributed by atoms with Gasteiger partial charge < -0.3 is 5.32 Å². The summed E-state index contributed by atoms with van der Waals surface area (Å²) in [5, 5.41) is 7.72. The summed E-state index contributed by atoms with van der Waals surface area (Å²) in [6, 6.07) is 2.16. The third kappa shape index (κ3) is 2.81. The molecule has 1 aliphatic rings. The van der Waals surface area contributed by atoms with Crippen molar-refractivity contribution in [3.8, 4) is 0 Å². The fraction of sp³-hybridized carbons (Fsp3) is 0.750. The van der Waals surface area contributed by atoms with Gasteiger partial charge in [-0.3, -0.25) is 4.68 Å². The fourth-order valence-corrected chi connectivity index (χ4v) is 2.38. The Morgan fingerprint density at radius 1 is 1.47 bits per heavy atom. The molecule has 3 heteroatoms. The van der Waals surface area contributed by atoms with Gasteiger partial charge >= 0.3 is 0 Å².